The summed E-state index contributed by atoms with van der Waals surface area (Å²) in [6.45, 7) is 4.44. The molecule has 0 unspecified atom stereocenters. The quantitative estimate of drug-likeness (QED) is 0.508. The molecule has 3 heterocycles. The predicted molar refractivity (Wildman–Crippen MR) is 126 cm³/mol. The lowest BCUT2D eigenvalue weighted by Gasteiger charge is -2.16. The number of hydrogen-bond donors (Lipinski definition) is 2. The SMILES string of the molecule is C[C@H](Sc1nnc(NC[C@H]2CCCO2)s1)C(=O)Nc1ccc(S(=O)(=O)N2CCCC2)cc1. The van der Waals surface area contributed by atoms with Gasteiger partial charge in [0, 0.05) is 31.9 Å². The molecule has 1 aromatic carbocycles. The highest BCUT2D eigenvalue weighted by Gasteiger charge is 2.27. The fourth-order valence-electron chi connectivity index (χ4n) is 3.57. The average Bonchev–Trinajstić information content (AvgIpc) is 3.55. The van der Waals surface area contributed by atoms with E-state index in [0.29, 0.717) is 34.8 Å². The number of thioether (sulfide) groups is 1. The van der Waals surface area contributed by atoms with Gasteiger partial charge in [0.1, 0.15) is 0 Å². The second-order valence-electron chi connectivity index (χ2n) is 7.77. The van der Waals surface area contributed by atoms with Crippen molar-refractivity contribution in [1.82, 2.24) is 14.5 Å². The topological polar surface area (TPSA) is 114 Å². The standard InChI is InChI=1S/C20H27N5O4S3/c1-14(30-20-24-23-19(31-20)21-13-16-5-4-12-29-16)18(26)22-15-6-8-17(9-7-15)32(27,28)25-10-2-3-11-25/h6-9,14,16H,2-5,10-13H2,1H3,(H,21,23)(H,22,26)/t14-,16+/m0/s1. The van der Waals surface area contributed by atoms with Crippen molar-refractivity contribution >= 4 is 49.8 Å². The molecule has 0 bridgehead atoms. The van der Waals surface area contributed by atoms with Gasteiger partial charge in [0.2, 0.25) is 21.1 Å². The Kier molecular flexibility index (Phi) is 7.66. The monoisotopic (exact) mass is 497 g/mol. The Balaban J connectivity index is 1.28. The largest absolute Gasteiger partial charge is 0.376 e. The van der Waals surface area contributed by atoms with Gasteiger partial charge in [-0.2, -0.15) is 4.31 Å². The smallest absolute Gasteiger partial charge is 0.243 e. The Bertz CT molecular complexity index is 1020. The average molecular weight is 498 g/mol. The van der Waals surface area contributed by atoms with Crippen LogP contribution in [0.25, 0.3) is 0 Å². The number of anilines is 2. The molecule has 0 spiro atoms. The maximum absolute atomic E-state index is 12.6. The highest BCUT2D eigenvalue weighted by Crippen LogP contribution is 2.30. The molecule has 2 saturated heterocycles. The number of amides is 1. The van der Waals surface area contributed by atoms with Gasteiger partial charge >= 0.3 is 0 Å². The van der Waals surface area contributed by atoms with Crippen LogP contribution in [0, 0.1) is 0 Å². The summed E-state index contributed by atoms with van der Waals surface area (Å²) in [6.07, 6.45) is 4.15. The summed E-state index contributed by atoms with van der Waals surface area (Å²) in [5.74, 6) is -0.186. The number of rotatable bonds is 9. The molecule has 2 aliphatic heterocycles. The zero-order valence-electron chi connectivity index (χ0n) is 17.8. The Labute approximate surface area is 196 Å². The Morgan fingerprint density at radius 3 is 2.69 bits per heavy atom. The zero-order valence-corrected chi connectivity index (χ0v) is 20.3. The number of carbonyl (C=O) groups is 1. The molecule has 1 amide bonds. The molecule has 2 fully saturated rings. The molecule has 2 aromatic rings. The predicted octanol–water partition coefficient (Wildman–Crippen LogP) is 3.03. The van der Waals surface area contributed by atoms with Crippen LogP contribution < -0.4 is 10.6 Å². The van der Waals surface area contributed by atoms with E-state index in [9.17, 15) is 13.2 Å². The lowest BCUT2D eigenvalue weighted by Crippen LogP contribution is -2.27. The van der Waals surface area contributed by atoms with Crippen LogP contribution >= 0.6 is 23.1 Å². The summed E-state index contributed by atoms with van der Waals surface area (Å²) < 4.78 is 33.0. The van der Waals surface area contributed by atoms with E-state index >= 15 is 0 Å². The van der Waals surface area contributed by atoms with Crippen LogP contribution in [0.5, 0.6) is 0 Å². The number of carbonyl (C=O) groups excluding carboxylic acids is 1. The molecule has 9 nitrogen and oxygen atoms in total. The van der Waals surface area contributed by atoms with Crippen LogP contribution in [0.15, 0.2) is 33.5 Å². The first-order valence-corrected chi connectivity index (χ1v) is 13.8. The summed E-state index contributed by atoms with van der Waals surface area (Å²) >= 11 is 2.74. The molecular formula is C20H27N5O4S3. The van der Waals surface area contributed by atoms with Gasteiger partial charge in [-0.15, -0.1) is 10.2 Å². The number of ether oxygens (including phenoxy) is 1. The van der Waals surface area contributed by atoms with Crippen molar-refractivity contribution in [2.24, 2.45) is 0 Å². The van der Waals surface area contributed by atoms with E-state index in [2.05, 4.69) is 20.8 Å². The molecule has 0 radical (unpaired) electrons. The van der Waals surface area contributed by atoms with Crippen molar-refractivity contribution in [3.8, 4) is 0 Å². The Morgan fingerprint density at radius 1 is 1.25 bits per heavy atom. The van der Waals surface area contributed by atoms with Gasteiger partial charge in [-0.3, -0.25) is 4.79 Å². The van der Waals surface area contributed by atoms with Crippen LogP contribution in [0.2, 0.25) is 0 Å². The van der Waals surface area contributed by atoms with Gasteiger partial charge in [-0.1, -0.05) is 23.1 Å². The van der Waals surface area contributed by atoms with Gasteiger partial charge in [0.15, 0.2) is 4.34 Å². The third kappa shape index (κ3) is 5.79. The number of aromatic nitrogens is 2. The van der Waals surface area contributed by atoms with Crippen LogP contribution in [-0.4, -0.2) is 66.4 Å². The molecule has 2 aliphatic rings. The second-order valence-corrected chi connectivity index (χ2v) is 12.3. The summed E-state index contributed by atoms with van der Waals surface area (Å²) in [5, 5.41) is 14.7. The Morgan fingerprint density at radius 2 is 2.00 bits per heavy atom. The van der Waals surface area contributed by atoms with Crippen molar-refractivity contribution in [1.29, 1.82) is 0 Å². The normalized spacial score (nSPS) is 20.3. The van der Waals surface area contributed by atoms with Gasteiger partial charge in [0.05, 0.1) is 16.2 Å². The number of benzene rings is 1. The van der Waals surface area contributed by atoms with Crippen LogP contribution in [0.3, 0.4) is 0 Å². The minimum Gasteiger partial charge on any atom is -0.376 e. The third-order valence-electron chi connectivity index (χ3n) is 5.38. The fourth-order valence-corrected chi connectivity index (χ4v) is 6.99. The second kappa shape index (κ2) is 10.5. The molecule has 32 heavy (non-hydrogen) atoms. The fraction of sp³-hybridized carbons (Fsp3) is 0.550. The molecule has 2 N–H and O–H groups in total. The minimum absolute atomic E-state index is 0.186. The Hall–Kier alpha value is -1.73. The number of sulfonamides is 1. The maximum Gasteiger partial charge on any atom is 0.243 e. The van der Waals surface area contributed by atoms with E-state index in [0.717, 1.165) is 32.3 Å². The van der Waals surface area contributed by atoms with E-state index in [1.54, 1.807) is 19.1 Å². The van der Waals surface area contributed by atoms with Crippen molar-refractivity contribution in [2.45, 2.75) is 53.2 Å². The first kappa shape index (κ1) is 23.4. The minimum atomic E-state index is -3.46. The number of hydrogen-bond acceptors (Lipinski definition) is 9. The van der Waals surface area contributed by atoms with E-state index in [1.165, 1.54) is 39.5 Å². The van der Waals surface area contributed by atoms with Crippen molar-refractivity contribution < 1.29 is 17.9 Å². The molecule has 1 aromatic heterocycles. The third-order valence-corrected chi connectivity index (χ3v) is 9.36. The zero-order chi connectivity index (χ0) is 22.6. The van der Waals surface area contributed by atoms with Gasteiger partial charge < -0.3 is 15.4 Å². The van der Waals surface area contributed by atoms with Crippen LogP contribution in [0.1, 0.15) is 32.6 Å². The summed E-state index contributed by atoms with van der Waals surface area (Å²) in [5.41, 5.74) is 0.555. The van der Waals surface area contributed by atoms with Gasteiger partial charge in [0.25, 0.3) is 0 Å². The molecule has 2 atom stereocenters. The van der Waals surface area contributed by atoms with Gasteiger partial charge in [-0.25, -0.2) is 8.42 Å². The molecule has 4 rings (SSSR count). The molecule has 174 valence electrons. The van der Waals surface area contributed by atoms with E-state index < -0.39 is 10.0 Å². The molecular weight excluding hydrogens is 470 g/mol. The molecule has 0 saturated carbocycles. The van der Waals surface area contributed by atoms with Crippen LogP contribution in [-0.2, 0) is 19.6 Å². The van der Waals surface area contributed by atoms with E-state index in [4.69, 9.17) is 4.74 Å². The lowest BCUT2D eigenvalue weighted by atomic mass is 10.2. The number of nitrogens with zero attached hydrogens (tertiary/aromatic N) is 3. The summed E-state index contributed by atoms with van der Waals surface area (Å²) in [7, 11) is -3.46. The summed E-state index contributed by atoms with van der Waals surface area (Å²) in [6, 6.07) is 6.32. The lowest BCUT2D eigenvalue weighted by molar-refractivity contribution is -0.115. The summed E-state index contributed by atoms with van der Waals surface area (Å²) in [4.78, 5) is 12.8. The van der Waals surface area contributed by atoms with E-state index in [-0.39, 0.29) is 22.2 Å². The van der Waals surface area contributed by atoms with Crippen molar-refractivity contribution in [2.75, 3.05) is 36.9 Å². The first-order valence-electron chi connectivity index (χ1n) is 10.7. The highest BCUT2D eigenvalue weighted by molar-refractivity contribution is 8.02. The van der Waals surface area contributed by atoms with Gasteiger partial charge in [-0.05, 0) is 56.9 Å². The van der Waals surface area contributed by atoms with E-state index in [1.807, 2.05) is 0 Å². The van der Waals surface area contributed by atoms with Crippen LogP contribution in [0.4, 0.5) is 10.8 Å². The maximum atomic E-state index is 12.6. The first-order chi connectivity index (χ1) is 15.4. The number of nitrogens with one attached hydrogen (secondary N) is 2. The highest BCUT2D eigenvalue weighted by atomic mass is 32.2. The molecule has 12 heteroatoms. The van der Waals surface area contributed by atoms with Crippen molar-refractivity contribution in [3.63, 3.8) is 0 Å². The van der Waals surface area contributed by atoms with Crippen molar-refractivity contribution in [3.05, 3.63) is 24.3 Å². The molecule has 0 aliphatic carbocycles.